The fourth-order valence-electron chi connectivity index (χ4n) is 1.38. The van der Waals surface area contributed by atoms with E-state index in [4.69, 9.17) is 17.3 Å². The Balaban J connectivity index is 2.72. The highest BCUT2D eigenvalue weighted by Gasteiger charge is 2.04. The molecule has 14 heavy (non-hydrogen) atoms. The normalized spacial score (nSPS) is 10.4. The number of halogens is 1. The van der Waals surface area contributed by atoms with E-state index in [-0.39, 0.29) is 5.75 Å². The van der Waals surface area contributed by atoms with Gasteiger partial charge in [0.25, 0.3) is 0 Å². The first kappa shape index (κ1) is 11.2. The standard InChI is InChI=1S/C11H16ClNO/c1-2-3-4-5-8-6-10(13)11(14)7-9(8)12/h6-7,14H,2-5,13H2,1H3. The molecule has 1 rings (SSSR count). The smallest absolute Gasteiger partial charge is 0.139 e. The summed E-state index contributed by atoms with van der Waals surface area (Å²) in [6, 6.07) is 3.27. The summed E-state index contributed by atoms with van der Waals surface area (Å²) in [6.45, 7) is 2.16. The van der Waals surface area contributed by atoms with E-state index in [0.717, 1.165) is 18.4 Å². The highest BCUT2D eigenvalue weighted by Crippen LogP contribution is 2.29. The molecule has 0 spiro atoms. The molecule has 78 valence electrons. The van der Waals surface area contributed by atoms with Gasteiger partial charge in [0.1, 0.15) is 5.75 Å². The first-order valence-corrected chi connectivity index (χ1v) is 5.29. The molecule has 0 aromatic heterocycles. The van der Waals surface area contributed by atoms with Gasteiger partial charge in [0, 0.05) is 11.1 Å². The van der Waals surface area contributed by atoms with E-state index in [1.807, 2.05) is 0 Å². The van der Waals surface area contributed by atoms with Crippen molar-refractivity contribution in [1.82, 2.24) is 0 Å². The molecule has 0 aliphatic rings. The second-order valence-corrected chi connectivity index (χ2v) is 3.87. The summed E-state index contributed by atoms with van der Waals surface area (Å²) in [5, 5.41) is 9.89. The predicted molar refractivity (Wildman–Crippen MR) is 60.8 cm³/mol. The summed E-state index contributed by atoms with van der Waals surface area (Å²) in [5.41, 5.74) is 7.01. The SMILES string of the molecule is CCCCCc1cc(N)c(O)cc1Cl. The molecule has 0 saturated carbocycles. The van der Waals surface area contributed by atoms with E-state index >= 15 is 0 Å². The number of hydrogen-bond donors (Lipinski definition) is 2. The molecule has 0 saturated heterocycles. The Morgan fingerprint density at radius 2 is 2.07 bits per heavy atom. The highest BCUT2D eigenvalue weighted by molar-refractivity contribution is 6.31. The van der Waals surface area contributed by atoms with Crippen LogP contribution in [0.2, 0.25) is 5.02 Å². The zero-order chi connectivity index (χ0) is 10.6. The monoisotopic (exact) mass is 213 g/mol. The van der Waals surface area contributed by atoms with Crippen LogP contribution in [0.4, 0.5) is 5.69 Å². The third-order valence-corrected chi connectivity index (χ3v) is 2.60. The molecule has 3 N–H and O–H groups in total. The van der Waals surface area contributed by atoms with Crippen LogP contribution in [0.5, 0.6) is 5.75 Å². The van der Waals surface area contributed by atoms with Gasteiger partial charge >= 0.3 is 0 Å². The van der Waals surface area contributed by atoms with Crippen molar-refractivity contribution >= 4 is 17.3 Å². The van der Waals surface area contributed by atoms with Crippen molar-refractivity contribution in [2.45, 2.75) is 32.6 Å². The van der Waals surface area contributed by atoms with Crippen LogP contribution in [0.15, 0.2) is 12.1 Å². The van der Waals surface area contributed by atoms with Crippen LogP contribution in [0.3, 0.4) is 0 Å². The maximum absolute atomic E-state index is 9.29. The van der Waals surface area contributed by atoms with Crippen LogP contribution in [0, 0.1) is 0 Å². The van der Waals surface area contributed by atoms with Gasteiger partial charge in [-0.1, -0.05) is 31.4 Å². The fourth-order valence-corrected chi connectivity index (χ4v) is 1.64. The van der Waals surface area contributed by atoms with Crippen molar-refractivity contribution in [3.05, 3.63) is 22.7 Å². The molecule has 0 atom stereocenters. The second kappa shape index (κ2) is 5.11. The molecule has 0 aliphatic heterocycles. The number of nitrogens with two attached hydrogens (primary N) is 1. The molecule has 0 fully saturated rings. The summed E-state index contributed by atoms with van der Waals surface area (Å²) in [6.07, 6.45) is 4.42. The predicted octanol–water partition coefficient (Wildman–Crippen LogP) is 3.36. The molecule has 0 aliphatic carbocycles. The number of unbranched alkanes of at least 4 members (excludes halogenated alkanes) is 2. The van der Waals surface area contributed by atoms with E-state index in [1.54, 1.807) is 6.07 Å². The molecule has 2 nitrogen and oxygen atoms in total. The van der Waals surface area contributed by atoms with Gasteiger partial charge in [-0.15, -0.1) is 0 Å². The van der Waals surface area contributed by atoms with E-state index in [2.05, 4.69) is 6.92 Å². The van der Waals surface area contributed by atoms with Gasteiger partial charge in [-0.2, -0.15) is 0 Å². The number of rotatable bonds is 4. The lowest BCUT2D eigenvalue weighted by molar-refractivity contribution is 0.478. The molecule has 3 heteroatoms. The maximum Gasteiger partial charge on any atom is 0.139 e. The lowest BCUT2D eigenvalue weighted by atomic mass is 10.1. The zero-order valence-corrected chi connectivity index (χ0v) is 9.14. The van der Waals surface area contributed by atoms with Gasteiger partial charge in [0.2, 0.25) is 0 Å². The van der Waals surface area contributed by atoms with Crippen LogP contribution in [0.25, 0.3) is 0 Å². The van der Waals surface area contributed by atoms with E-state index in [1.165, 1.54) is 18.9 Å². The van der Waals surface area contributed by atoms with Crippen molar-refractivity contribution in [1.29, 1.82) is 0 Å². The van der Waals surface area contributed by atoms with Crippen LogP contribution in [-0.4, -0.2) is 5.11 Å². The largest absolute Gasteiger partial charge is 0.506 e. The molecule has 1 aromatic carbocycles. The van der Waals surface area contributed by atoms with Crippen LogP contribution >= 0.6 is 11.6 Å². The van der Waals surface area contributed by atoms with Crippen molar-refractivity contribution in [2.75, 3.05) is 5.73 Å². The number of anilines is 1. The molecule has 0 heterocycles. The van der Waals surface area contributed by atoms with Crippen molar-refractivity contribution in [2.24, 2.45) is 0 Å². The van der Waals surface area contributed by atoms with Crippen LogP contribution in [-0.2, 0) is 6.42 Å². The lowest BCUT2D eigenvalue weighted by Crippen LogP contribution is -1.92. The van der Waals surface area contributed by atoms with Gasteiger partial charge in [-0.05, 0) is 24.5 Å². The van der Waals surface area contributed by atoms with Crippen LogP contribution in [0.1, 0.15) is 31.7 Å². The van der Waals surface area contributed by atoms with E-state index in [9.17, 15) is 5.11 Å². The first-order chi connectivity index (χ1) is 6.65. The van der Waals surface area contributed by atoms with Gasteiger partial charge in [-0.3, -0.25) is 0 Å². The fraction of sp³-hybridized carbons (Fsp3) is 0.455. The topological polar surface area (TPSA) is 46.2 Å². The second-order valence-electron chi connectivity index (χ2n) is 3.46. The van der Waals surface area contributed by atoms with Gasteiger partial charge < -0.3 is 10.8 Å². The number of benzene rings is 1. The van der Waals surface area contributed by atoms with Crippen molar-refractivity contribution in [3.63, 3.8) is 0 Å². The molecule has 0 radical (unpaired) electrons. The minimum atomic E-state index is 0.0641. The lowest BCUT2D eigenvalue weighted by Gasteiger charge is -2.06. The quantitative estimate of drug-likeness (QED) is 0.458. The molecular formula is C11H16ClNO. The van der Waals surface area contributed by atoms with E-state index < -0.39 is 0 Å². The molecule has 0 bridgehead atoms. The van der Waals surface area contributed by atoms with E-state index in [0.29, 0.717) is 10.7 Å². The zero-order valence-electron chi connectivity index (χ0n) is 8.39. The highest BCUT2D eigenvalue weighted by atomic mass is 35.5. The number of aryl methyl sites for hydroxylation is 1. The molecule has 0 amide bonds. The van der Waals surface area contributed by atoms with Gasteiger partial charge in [0.15, 0.2) is 0 Å². The number of phenols is 1. The summed E-state index contributed by atoms with van der Waals surface area (Å²) < 4.78 is 0. The Morgan fingerprint density at radius 1 is 1.36 bits per heavy atom. The minimum absolute atomic E-state index is 0.0641. The van der Waals surface area contributed by atoms with Crippen LogP contribution < -0.4 is 5.73 Å². The average Bonchev–Trinajstić information content (AvgIpc) is 2.14. The third-order valence-electron chi connectivity index (χ3n) is 2.25. The molecular weight excluding hydrogens is 198 g/mol. The minimum Gasteiger partial charge on any atom is -0.506 e. The van der Waals surface area contributed by atoms with Gasteiger partial charge in [-0.25, -0.2) is 0 Å². The Bertz CT molecular complexity index is 312. The summed E-state index contributed by atoms with van der Waals surface area (Å²) >= 11 is 5.96. The number of phenolic OH excluding ortho intramolecular Hbond substituents is 1. The van der Waals surface area contributed by atoms with Gasteiger partial charge in [0.05, 0.1) is 5.69 Å². The summed E-state index contributed by atoms with van der Waals surface area (Å²) in [5.74, 6) is 0.0641. The Morgan fingerprint density at radius 3 is 2.71 bits per heavy atom. The average molecular weight is 214 g/mol. The first-order valence-electron chi connectivity index (χ1n) is 4.92. The maximum atomic E-state index is 9.29. The molecule has 1 aromatic rings. The molecule has 0 unspecified atom stereocenters. The number of hydrogen-bond acceptors (Lipinski definition) is 2. The number of nitrogen functional groups attached to an aromatic ring is 1. The Hall–Kier alpha value is -0.890. The third kappa shape index (κ3) is 2.81. The van der Waals surface area contributed by atoms with Crippen molar-refractivity contribution in [3.8, 4) is 5.75 Å². The Kier molecular flexibility index (Phi) is 4.08. The summed E-state index contributed by atoms with van der Waals surface area (Å²) in [7, 11) is 0. The summed E-state index contributed by atoms with van der Waals surface area (Å²) in [4.78, 5) is 0. The van der Waals surface area contributed by atoms with Crippen molar-refractivity contribution < 1.29 is 5.11 Å². The number of aromatic hydroxyl groups is 1. The Labute approximate surface area is 89.7 Å².